The van der Waals surface area contributed by atoms with Crippen LogP contribution in [0.1, 0.15) is 28.8 Å². The van der Waals surface area contributed by atoms with E-state index in [9.17, 15) is 22.8 Å². The molecular formula is C21H21F3N2O3. The Balaban J connectivity index is 1.45. The summed E-state index contributed by atoms with van der Waals surface area (Å²) in [4.78, 5) is 26.1. The molecule has 0 radical (unpaired) electrons. The number of nitrogens with one attached hydrogen (secondary N) is 1. The number of carbonyl (C=O) groups is 2. The van der Waals surface area contributed by atoms with E-state index in [0.29, 0.717) is 31.7 Å². The number of halogens is 3. The largest absolute Gasteiger partial charge is 0.484 e. The van der Waals surface area contributed by atoms with Crippen LogP contribution in [0, 0.1) is 0 Å². The molecule has 3 rings (SSSR count). The second kappa shape index (κ2) is 8.98. The first-order chi connectivity index (χ1) is 13.8. The molecule has 8 heteroatoms. The molecule has 1 heterocycles. The summed E-state index contributed by atoms with van der Waals surface area (Å²) in [6.07, 6.45) is -3.28. The first-order valence-corrected chi connectivity index (χ1v) is 9.26. The maximum atomic E-state index is 12.6. The Labute approximate surface area is 166 Å². The van der Waals surface area contributed by atoms with E-state index < -0.39 is 11.7 Å². The zero-order valence-electron chi connectivity index (χ0n) is 15.6. The van der Waals surface area contributed by atoms with E-state index in [4.69, 9.17) is 4.74 Å². The first kappa shape index (κ1) is 20.7. The lowest BCUT2D eigenvalue weighted by Crippen LogP contribution is -2.47. The van der Waals surface area contributed by atoms with E-state index in [2.05, 4.69) is 5.32 Å². The molecule has 0 atom stereocenters. The molecule has 1 aliphatic heterocycles. The van der Waals surface area contributed by atoms with Crippen molar-refractivity contribution in [1.29, 1.82) is 0 Å². The van der Waals surface area contributed by atoms with Crippen molar-refractivity contribution >= 4 is 11.8 Å². The zero-order chi connectivity index (χ0) is 20.9. The molecule has 0 spiro atoms. The third kappa shape index (κ3) is 5.73. The lowest BCUT2D eigenvalue weighted by atomic mass is 10.0. The van der Waals surface area contributed by atoms with Gasteiger partial charge in [0.25, 0.3) is 11.8 Å². The van der Waals surface area contributed by atoms with Crippen molar-refractivity contribution in [2.75, 3.05) is 19.7 Å². The molecule has 0 aliphatic carbocycles. The van der Waals surface area contributed by atoms with Crippen LogP contribution in [0.2, 0.25) is 0 Å². The second-order valence-corrected chi connectivity index (χ2v) is 6.81. The van der Waals surface area contributed by atoms with Crippen molar-refractivity contribution in [3.63, 3.8) is 0 Å². The summed E-state index contributed by atoms with van der Waals surface area (Å²) in [6.45, 7) is 0.753. The molecule has 1 saturated heterocycles. The van der Waals surface area contributed by atoms with Crippen LogP contribution in [0.15, 0.2) is 54.6 Å². The molecule has 1 fully saturated rings. The average molecular weight is 406 g/mol. The Morgan fingerprint density at radius 3 is 2.21 bits per heavy atom. The van der Waals surface area contributed by atoms with Gasteiger partial charge in [-0.1, -0.05) is 18.2 Å². The fourth-order valence-electron chi connectivity index (χ4n) is 3.15. The van der Waals surface area contributed by atoms with E-state index in [1.165, 1.54) is 12.1 Å². The lowest BCUT2D eigenvalue weighted by Gasteiger charge is -2.32. The van der Waals surface area contributed by atoms with Crippen LogP contribution in [0.25, 0.3) is 0 Å². The van der Waals surface area contributed by atoms with E-state index in [-0.39, 0.29) is 30.0 Å². The summed E-state index contributed by atoms with van der Waals surface area (Å²) in [5.41, 5.74) is -0.565. The van der Waals surface area contributed by atoms with Gasteiger partial charge in [-0.2, -0.15) is 13.2 Å². The van der Waals surface area contributed by atoms with Gasteiger partial charge in [-0.05, 0) is 49.2 Å². The minimum absolute atomic E-state index is 0.0708. The van der Waals surface area contributed by atoms with E-state index in [1.54, 1.807) is 17.0 Å². The highest BCUT2D eigenvalue weighted by molar-refractivity contribution is 5.94. The number of benzene rings is 2. The fraction of sp³-hybridized carbons (Fsp3) is 0.333. The van der Waals surface area contributed by atoms with Crippen molar-refractivity contribution in [2.45, 2.75) is 25.1 Å². The topological polar surface area (TPSA) is 58.6 Å². The van der Waals surface area contributed by atoms with Crippen LogP contribution in [-0.4, -0.2) is 42.5 Å². The first-order valence-electron chi connectivity index (χ1n) is 9.26. The van der Waals surface area contributed by atoms with E-state index >= 15 is 0 Å². The number of rotatable bonds is 5. The lowest BCUT2D eigenvalue weighted by molar-refractivity contribution is -0.137. The molecular weight excluding hydrogens is 385 g/mol. The molecule has 0 unspecified atom stereocenters. The molecule has 0 aromatic heterocycles. The third-order valence-electron chi connectivity index (χ3n) is 4.72. The van der Waals surface area contributed by atoms with Crippen molar-refractivity contribution in [3.8, 4) is 5.75 Å². The molecule has 5 nitrogen and oxygen atoms in total. The van der Waals surface area contributed by atoms with Crippen molar-refractivity contribution < 1.29 is 27.5 Å². The molecule has 2 aromatic rings. The van der Waals surface area contributed by atoms with Gasteiger partial charge in [0.05, 0.1) is 5.56 Å². The maximum absolute atomic E-state index is 12.6. The zero-order valence-corrected chi connectivity index (χ0v) is 15.6. The number of ether oxygens (including phenoxy) is 1. The number of carbonyl (C=O) groups excluding carboxylic acids is 2. The second-order valence-electron chi connectivity index (χ2n) is 6.81. The van der Waals surface area contributed by atoms with Crippen LogP contribution in [0.4, 0.5) is 13.2 Å². The van der Waals surface area contributed by atoms with Gasteiger partial charge in [0.1, 0.15) is 5.75 Å². The highest BCUT2D eigenvalue weighted by atomic mass is 19.4. The van der Waals surface area contributed by atoms with Gasteiger partial charge in [0, 0.05) is 24.7 Å². The van der Waals surface area contributed by atoms with Gasteiger partial charge in [0.2, 0.25) is 0 Å². The van der Waals surface area contributed by atoms with Crippen LogP contribution < -0.4 is 10.1 Å². The number of likely N-dealkylation sites (tertiary alicyclic amines) is 1. The predicted octanol–water partition coefficient (Wildman–Crippen LogP) is 3.51. The van der Waals surface area contributed by atoms with Gasteiger partial charge in [-0.3, -0.25) is 9.59 Å². The van der Waals surface area contributed by atoms with Gasteiger partial charge >= 0.3 is 6.18 Å². The number of nitrogens with zero attached hydrogens (tertiary/aromatic N) is 1. The molecule has 0 saturated carbocycles. The van der Waals surface area contributed by atoms with Crippen molar-refractivity contribution in [1.82, 2.24) is 10.2 Å². The molecule has 1 aliphatic rings. The summed E-state index contributed by atoms with van der Waals surface area (Å²) in [5, 5.41) is 2.89. The summed E-state index contributed by atoms with van der Waals surface area (Å²) < 4.78 is 43.3. The van der Waals surface area contributed by atoms with Gasteiger partial charge in [-0.15, -0.1) is 0 Å². The van der Waals surface area contributed by atoms with Crippen LogP contribution in [0.3, 0.4) is 0 Å². The number of alkyl halides is 3. The highest BCUT2D eigenvalue weighted by Crippen LogP contribution is 2.29. The Bertz CT molecular complexity index is 830. The minimum atomic E-state index is -4.43. The molecule has 1 N–H and O–H groups in total. The monoisotopic (exact) mass is 406 g/mol. The van der Waals surface area contributed by atoms with Crippen LogP contribution >= 0.6 is 0 Å². The number of hydrogen-bond acceptors (Lipinski definition) is 3. The summed E-state index contributed by atoms with van der Waals surface area (Å²) >= 11 is 0. The SMILES string of the molecule is O=C(COc1ccccc1)NC1CCN(C(=O)c2ccc(C(F)(F)F)cc2)CC1. The molecule has 2 aromatic carbocycles. The molecule has 2 amide bonds. The normalized spacial score (nSPS) is 15.1. The fourth-order valence-corrected chi connectivity index (χ4v) is 3.15. The van der Waals surface area contributed by atoms with Crippen LogP contribution in [0.5, 0.6) is 5.75 Å². The standard InChI is InChI=1S/C21H21F3N2O3/c22-21(23,24)16-8-6-15(7-9-16)20(28)26-12-10-17(11-13-26)25-19(27)14-29-18-4-2-1-3-5-18/h1-9,17H,10-14H2,(H,25,27). The predicted molar refractivity (Wildman–Crippen MR) is 100 cm³/mol. The quantitative estimate of drug-likeness (QED) is 0.827. The summed E-state index contributed by atoms with van der Waals surface area (Å²) in [7, 11) is 0. The summed E-state index contributed by atoms with van der Waals surface area (Å²) in [5.74, 6) is 0.0666. The number of para-hydroxylation sites is 1. The highest BCUT2D eigenvalue weighted by Gasteiger charge is 2.31. The third-order valence-corrected chi connectivity index (χ3v) is 4.72. The molecule has 0 bridgehead atoms. The number of piperidine rings is 1. The van der Waals surface area contributed by atoms with Gasteiger partial charge < -0.3 is 15.0 Å². The van der Waals surface area contributed by atoms with Gasteiger partial charge in [0.15, 0.2) is 6.61 Å². The van der Waals surface area contributed by atoms with Crippen molar-refractivity contribution in [2.24, 2.45) is 0 Å². The van der Waals surface area contributed by atoms with Crippen LogP contribution in [-0.2, 0) is 11.0 Å². The summed E-state index contributed by atoms with van der Waals surface area (Å²) in [6, 6.07) is 13.1. The number of hydrogen-bond donors (Lipinski definition) is 1. The Morgan fingerprint density at radius 1 is 1.00 bits per heavy atom. The van der Waals surface area contributed by atoms with E-state index in [0.717, 1.165) is 12.1 Å². The smallest absolute Gasteiger partial charge is 0.416 e. The minimum Gasteiger partial charge on any atom is -0.484 e. The number of amides is 2. The molecule has 154 valence electrons. The Kier molecular flexibility index (Phi) is 6.41. The maximum Gasteiger partial charge on any atom is 0.416 e. The van der Waals surface area contributed by atoms with E-state index in [1.807, 2.05) is 18.2 Å². The molecule has 29 heavy (non-hydrogen) atoms. The Morgan fingerprint density at radius 2 is 1.62 bits per heavy atom. The average Bonchev–Trinajstić information content (AvgIpc) is 2.72. The Hall–Kier alpha value is -3.03. The van der Waals surface area contributed by atoms with Gasteiger partial charge in [-0.25, -0.2) is 0 Å². The van der Waals surface area contributed by atoms with Crippen molar-refractivity contribution in [3.05, 3.63) is 65.7 Å².